The van der Waals surface area contributed by atoms with Gasteiger partial charge in [-0.2, -0.15) is 0 Å². The summed E-state index contributed by atoms with van der Waals surface area (Å²) in [6.07, 6.45) is 8.04. The smallest absolute Gasteiger partial charge is 0.0444 e. The van der Waals surface area contributed by atoms with E-state index in [0.717, 1.165) is 12.3 Å². The molecule has 0 radical (unpaired) electrons. The van der Waals surface area contributed by atoms with Crippen molar-refractivity contribution >= 4 is 11.6 Å². The van der Waals surface area contributed by atoms with Gasteiger partial charge < -0.3 is 0 Å². The van der Waals surface area contributed by atoms with Crippen LogP contribution in [-0.4, -0.2) is 4.87 Å². The molecule has 0 amide bonds. The quantitative estimate of drug-likeness (QED) is 0.556. The minimum atomic E-state index is 0.0838. The van der Waals surface area contributed by atoms with Crippen LogP contribution in [0.5, 0.6) is 0 Å². The molecule has 0 aromatic carbocycles. The maximum Gasteiger partial charge on any atom is 0.0444 e. The summed E-state index contributed by atoms with van der Waals surface area (Å²) in [5, 5.41) is 0. The summed E-state index contributed by atoms with van der Waals surface area (Å²) in [4.78, 5) is 0.0838. The first-order valence-electron chi connectivity index (χ1n) is 4.85. The molecule has 1 heteroatoms. The van der Waals surface area contributed by atoms with Gasteiger partial charge in [-0.3, -0.25) is 0 Å². The van der Waals surface area contributed by atoms with Gasteiger partial charge in [-0.1, -0.05) is 26.2 Å². The summed E-state index contributed by atoms with van der Waals surface area (Å²) < 4.78 is 0. The van der Waals surface area contributed by atoms with Crippen LogP contribution in [0.25, 0.3) is 0 Å². The van der Waals surface area contributed by atoms with Crippen LogP contribution in [0.2, 0.25) is 0 Å². The first-order chi connectivity index (χ1) is 5.17. The first-order valence-corrected chi connectivity index (χ1v) is 5.23. The average Bonchev–Trinajstić information content (AvgIpc) is 2.06. The fourth-order valence-electron chi connectivity index (χ4n) is 1.99. The maximum absolute atomic E-state index is 6.40. The fourth-order valence-corrected chi connectivity index (χ4v) is 2.21. The van der Waals surface area contributed by atoms with Crippen LogP contribution in [0.4, 0.5) is 0 Å². The molecule has 0 aliphatic heterocycles. The molecule has 0 spiro atoms. The molecule has 1 aliphatic carbocycles. The molecular formula is C10H19Cl. The molecule has 1 rings (SSSR count). The van der Waals surface area contributed by atoms with Crippen LogP contribution < -0.4 is 0 Å². The lowest BCUT2D eigenvalue weighted by molar-refractivity contribution is 0.280. The highest BCUT2D eigenvalue weighted by Crippen LogP contribution is 2.38. The van der Waals surface area contributed by atoms with Crippen molar-refractivity contribution in [3.63, 3.8) is 0 Å². The summed E-state index contributed by atoms with van der Waals surface area (Å²) in [7, 11) is 0. The molecule has 0 aromatic heterocycles. The van der Waals surface area contributed by atoms with E-state index in [9.17, 15) is 0 Å². The summed E-state index contributed by atoms with van der Waals surface area (Å²) in [6, 6.07) is 0. The lowest BCUT2D eigenvalue weighted by atomic mass is 9.79. The molecule has 0 N–H and O–H groups in total. The van der Waals surface area contributed by atoms with E-state index in [-0.39, 0.29) is 4.87 Å². The van der Waals surface area contributed by atoms with Gasteiger partial charge in [-0.05, 0) is 32.1 Å². The van der Waals surface area contributed by atoms with Crippen LogP contribution in [0, 0.1) is 5.92 Å². The van der Waals surface area contributed by atoms with E-state index in [0.29, 0.717) is 0 Å². The Morgan fingerprint density at radius 3 is 2.27 bits per heavy atom. The molecule has 11 heavy (non-hydrogen) atoms. The third-order valence-corrected chi connectivity index (χ3v) is 3.72. The third kappa shape index (κ3) is 2.37. The minimum absolute atomic E-state index is 0.0838. The van der Waals surface area contributed by atoms with Crippen molar-refractivity contribution in [1.29, 1.82) is 0 Å². The van der Waals surface area contributed by atoms with Crippen LogP contribution in [0.15, 0.2) is 0 Å². The molecular weight excluding hydrogens is 156 g/mol. The van der Waals surface area contributed by atoms with Gasteiger partial charge in [0, 0.05) is 4.87 Å². The molecule has 0 bridgehead atoms. The zero-order chi connectivity index (χ0) is 8.32. The van der Waals surface area contributed by atoms with Gasteiger partial charge in [0.25, 0.3) is 0 Å². The number of hydrogen-bond acceptors (Lipinski definition) is 0. The zero-order valence-corrected chi connectivity index (χ0v) is 8.45. The van der Waals surface area contributed by atoms with Crippen molar-refractivity contribution < 1.29 is 0 Å². The van der Waals surface area contributed by atoms with Crippen molar-refractivity contribution in [2.45, 2.75) is 57.2 Å². The SMILES string of the molecule is CCC(C)(Cl)C1CCCCC1. The van der Waals surface area contributed by atoms with Gasteiger partial charge in [0.1, 0.15) is 0 Å². The van der Waals surface area contributed by atoms with Crippen LogP contribution >= 0.6 is 11.6 Å². The summed E-state index contributed by atoms with van der Waals surface area (Å²) >= 11 is 6.40. The fraction of sp³-hybridized carbons (Fsp3) is 1.00. The van der Waals surface area contributed by atoms with Gasteiger partial charge in [0.2, 0.25) is 0 Å². The topological polar surface area (TPSA) is 0 Å². The van der Waals surface area contributed by atoms with Crippen molar-refractivity contribution in [1.82, 2.24) is 0 Å². The number of halogens is 1. The van der Waals surface area contributed by atoms with Crippen molar-refractivity contribution in [3.8, 4) is 0 Å². The van der Waals surface area contributed by atoms with Gasteiger partial charge in [0.15, 0.2) is 0 Å². The first kappa shape index (κ1) is 9.38. The second-order valence-corrected chi connectivity index (χ2v) is 4.83. The standard InChI is InChI=1S/C10H19Cl/c1-3-10(2,11)9-7-5-4-6-8-9/h9H,3-8H2,1-2H3. The van der Waals surface area contributed by atoms with Gasteiger partial charge in [-0.15, -0.1) is 11.6 Å². The van der Waals surface area contributed by atoms with Crippen molar-refractivity contribution in [2.75, 3.05) is 0 Å². The summed E-state index contributed by atoms with van der Waals surface area (Å²) in [5.74, 6) is 0.780. The predicted molar refractivity (Wildman–Crippen MR) is 51.1 cm³/mol. The normalized spacial score (nSPS) is 26.5. The number of alkyl halides is 1. The van der Waals surface area contributed by atoms with E-state index in [1.807, 2.05) is 0 Å². The van der Waals surface area contributed by atoms with E-state index in [1.165, 1.54) is 32.1 Å². The van der Waals surface area contributed by atoms with Crippen LogP contribution in [0.1, 0.15) is 52.4 Å². The molecule has 1 atom stereocenters. The highest BCUT2D eigenvalue weighted by Gasteiger charge is 2.30. The Morgan fingerprint density at radius 2 is 1.82 bits per heavy atom. The lowest BCUT2D eigenvalue weighted by Crippen LogP contribution is -2.29. The van der Waals surface area contributed by atoms with E-state index in [2.05, 4.69) is 13.8 Å². The Balaban J connectivity index is 2.43. The van der Waals surface area contributed by atoms with Gasteiger partial charge in [0.05, 0.1) is 0 Å². The molecule has 1 fully saturated rings. The van der Waals surface area contributed by atoms with Crippen LogP contribution in [0.3, 0.4) is 0 Å². The maximum atomic E-state index is 6.40. The largest absolute Gasteiger partial charge is 0.119 e. The van der Waals surface area contributed by atoms with Crippen molar-refractivity contribution in [2.24, 2.45) is 5.92 Å². The van der Waals surface area contributed by atoms with Gasteiger partial charge >= 0.3 is 0 Å². The van der Waals surface area contributed by atoms with Crippen molar-refractivity contribution in [3.05, 3.63) is 0 Å². The van der Waals surface area contributed by atoms with E-state index >= 15 is 0 Å². The molecule has 0 heterocycles. The highest BCUT2D eigenvalue weighted by molar-refractivity contribution is 6.23. The Hall–Kier alpha value is 0.290. The molecule has 1 unspecified atom stereocenters. The zero-order valence-electron chi connectivity index (χ0n) is 7.70. The second kappa shape index (κ2) is 3.80. The Morgan fingerprint density at radius 1 is 1.27 bits per heavy atom. The molecule has 0 aromatic rings. The monoisotopic (exact) mass is 174 g/mol. The molecule has 1 aliphatic rings. The minimum Gasteiger partial charge on any atom is -0.119 e. The second-order valence-electron chi connectivity index (χ2n) is 3.97. The van der Waals surface area contributed by atoms with E-state index in [1.54, 1.807) is 0 Å². The highest BCUT2D eigenvalue weighted by atomic mass is 35.5. The molecule has 0 nitrogen and oxygen atoms in total. The third-order valence-electron chi connectivity index (χ3n) is 3.15. The van der Waals surface area contributed by atoms with E-state index < -0.39 is 0 Å². The van der Waals surface area contributed by atoms with Crippen LogP contribution in [-0.2, 0) is 0 Å². The Kier molecular flexibility index (Phi) is 3.24. The number of hydrogen-bond donors (Lipinski definition) is 0. The summed E-state index contributed by atoms with van der Waals surface area (Å²) in [5.41, 5.74) is 0. The molecule has 1 saturated carbocycles. The molecule has 0 saturated heterocycles. The molecule has 66 valence electrons. The Bertz CT molecular complexity index is 112. The predicted octanol–water partition coefficient (Wildman–Crippen LogP) is 3.97. The van der Waals surface area contributed by atoms with E-state index in [4.69, 9.17) is 11.6 Å². The lowest BCUT2D eigenvalue weighted by Gasteiger charge is -2.34. The van der Waals surface area contributed by atoms with Gasteiger partial charge in [-0.25, -0.2) is 0 Å². The average molecular weight is 175 g/mol. The number of rotatable bonds is 2. The Labute approximate surface area is 75.3 Å². The summed E-state index contributed by atoms with van der Waals surface area (Å²) in [6.45, 7) is 4.39.